The zero-order chi connectivity index (χ0) is 21.2. The van der Waals surface area contributed by atoms with Crippen molar-refractivity contribution in [3.05, 3.63) is 71.8 Å². The minimum Gasteiger partial charge on any atom is -0.478 e. The first kappa shape index (κ1) is 19.1. The Kier molecular flexibility index (Phi) is 4.26. The summed E-state index contributed by atoms with van der Waals surface area (Å²) in [6.07, 6.45) is 6.97. The Bertz CT molecular complexity index is 1170. The lowest BCUT2D eigenvalue weighted by atomic mass is 9.46. The number of carbonyl (C=O) groups is 1. The van der Waals surface area contributed by atoms with Crippen LogP contribution >= 0.6 is 0 Å². The summed E-state index contributed by atoms with van der Waals surface area (Å²) in [5.41, 5.74) is 4.34. The maximum absolute atomic E-state index is 11.3. The third-order valence-electron chi connectivity index (χ3n) is 8.33. The van der Waals surface area contributed by atoms with Crippen LogP contribution in [-0.4, -0.2) is 24.3 Å². The predicted molar refractivity (Wildman–Crippen MR) is 122 cm³/mol. The number of hydrogen-bond donors (Lipinski definition) is 1. The maximum atomic E-state index is 11.3. The molecule has 3 atom stereocenters. The molecule has 3 unspecified atom stereocenters. The van der Waals surface area contributed by atoms with Gasteiger partial charge >= 0.3 is 5.97 Å². The molecule has 4 aliphatic rings. The van der Waals surface area contributed by atoms with Crippen molar-refractivity contribution in [2.45, 2.75) is 43.6 Å². The van der Waals surface area contributed by atoms with E-state index in [1.807, 2.05) is 19.2 Å². The van der Waals surface area contributed by atoms with Crippen molar-refractivity contribution >= 4 is 16.7 Å². The molecule has 0 amide bonds. The first-order valence-electron chi connectivity index (χ1n) is 11.5. The summed E-state index contributed by atoms with van der Waals surface area (Å²) in [5.74, 6) is 1.54. The average molecular weight is 413 g/mol. The van der Waals surface area contributed by atoms with Crippen LogP contribution in [0.1, 0.15) is 48.0 Å². The molecule has 158 valence electrons. The van der Waals surface area contributed by atoms with E-state index < -0.39 is 5.97 Å². The summed E-state index contributed by atoms with van der Waals surface area (Å²) in [5, 5.41) is 11.3. The number of ether oxygens (including phenoxy) is 1. The van der Waals surface area contributed by atoms with E-state index in [-0.39, 0.29) is 5.41 Å². The van der Waals surface area contributed by atoms with Crippen molar-refractivity contribution in [1.29, 1.82) is 0 Å². The van der Waals surface area contributed by atoms with E-state index in [0.717, 1.165) is 22.6 Å². The van der Waals surface area contributed by atoms with Gasteiger partial charge in [0.1, 0.15) is 0 Å². The molecule has 0 aliphatic heterocycles. The third-order valence-corrected chi connectivity index (χ3v) is 8.33. The van der Waals surface area contributed by atoms with Gasteiger partial charge in [0.05, 0.1) is 11.7 Å². The molecular weight excluding hydrogens is 384 g/mol. The van der Waals surface area contributed by atoms with Crippen LogP contribution < -0.4 is 0 Å². The van der Waals surface area contributed by atoms with Crippen LogP contribution in [0, 0.1) is 17.8 Å². The number of carboxylic acids is 1. The van der Waals surface area contributed by atoms with E-state index in [4.69, 9.17) is 4.74 Å². The molecule has 3 heteroatoms. The zero-order valence-corrected chi connectivity index (χ0v) is 17.9. The molecule has 1 N–H and O–H groups in total. The number of aromatic carboxylic acids is 1. The first-order valence-corrected chi connectivity index (χ1v) is 11.5. The Balaban J connectivity index is 1.41. The van der Waals surface area contributed by atoms with Crippen LogP contribution in [0.3, 0.4) is 0 Å². The number of carboxylic acid groups (broad SMARTS) is 1. The lowest BCUT2D eigenvalue weighted by molar-refractivity contribution is -0.130. The molecule has 0 heterocycles. The number of methoxy groups -OCH3 is 1. The molecule has 0 saturated heterocycles. The molecule has 4 aliphatic carbocycles. The topological polar surface area (TPSA) is 46.5 Å². The van der Waals surface area contributed by atoms with E-state index in [2.05, 4.69) is 36.4 Å². The van der Waals surface area contributed by atoms with Gasteiger partial charge in [-0.25, -0.2) is 4.79 Å². The van der Waals surface area contributed by atoms with Gasteiger partial charge in [-0.05, 0) is 95.5 Å². The van der Waals surface area contributed by atoms with Gasteiger partial charge in [-0.1, -0.05) is 42.5 Å². The lowest BCUT2D eigenvalue weighted by Gasteiger charge is -2.61. The van der Waals surface area contributed by atoms with Gasteiger partial charge in [0.25, 0.3) is 0 Å². The van der Waals surface area contributed by atoms with Gasteiger partial charge in [-0.15, -0.1) is 0 Å². The Hall–Kier alpha value is -2.65. The van der Waals surface area contributed by atoms with Crippen molar-refractivity contribution in [3.63, 3.8) is 0 Å². The average Bonchev–Trinajstić information content (AvgIpc) is 2.78. The largest absolute Gasteiger partial charge is 0.478 e. The summed E-state index contributed by atoms with van der Waals surface area (Å²) in [7, 11) is 1.91. The molecule has 3 nitrogen and oxygen atoms in total. The minimum atomic E-state index is -0.887. The predicted octanol–water partition coefficient (Wildman–Crippen LogP) is 6.30. The fourth-order valence-corrected chi connectivity index (χ4v) is 7.38. The molecule has 3 aromatic carbocycles. The highest BCUT2D eigenvalue weighted by Gasteiger charge is 2.58. The van der Waals surface area contributed by atoms with Crippen molar-refractivity contribution in [2.75, 3.05) is 7.11 Å². The maximum Gasteiger partial charge on any atom is 0.335 e. The highest BCUT2D eigenvalue weighted by molar-refractivity contribution is 5.95. The Morgan fingerprint density at radius 3 is 2.35 bits per heavy atom. The summed E-state index contributed by atoms with van der Waals surface area (Å²) >= 11 is 0. The van der Waals surface area contributed by atoms with E-state index in [1.165, 1.54) is 48.8 Å². The quantitative estimate of drug-likeness (QED) is 0.547. The van der Waals surface area contributed by atoms with Gasteiger partial charge in [0.2, 0.25) is 0 Å². The number of benzene rings is 3. The molecule has 31 heavy (non-hydrogen) atoms. The lowest BCUT2D eigenvalue weighted by Crippen LogP contribution is -2.59. The first-order chi connectivity index (χ1) is 15.1. The molecule has 0 aromatic heterocycles. The number of rotatable bonds is 4. The number of fused-ring (bicyclic) bond motifs is 1. The van der Waals surface area contributed by atoms with Crippen molar-refractivity contribution in [1.82, 2.24) is 0 Å². The molecule has 4 saturated carbocycles. The van der Waals surface area contributed by atoms with Crippen LogP contribution in [0.2, 0.25) is 0 Å². The number of hydrogen-bond acceptors (Lipinski definition) is 2. The fourth-order valence-electron chi connectivity index (χ4n) is 7.38. The highest BCUT2D eigenvalue weighted by Crippen LogP contribution is 2.61. The van der Waals surface area contributed by atoms with Gasteiger partial charge in [-0.2, -0.15) is 0 Å². The molecule has 4 bridgehead atoms. The van der Waals surface area contributed by atoms with Gasteiger partial charge in [-0.3, -0.25) is 0 Å². The minimum absolute atomic E-state index is 0.159. The normalized spacial score (nSPS) is 31.3. The molecular formula is C28H28O3. The van der Waals surface area contributed by atoms with Gasteiger partial charge < -0.3 is 9.84 Å². The monoisotopic (exact) mass is 412 g/mol. The molecule has 0 spiro atoms. The SMILES string of the molecule is COC1C2CC3CC(C2)CC1(c1cccc(-c2ccc4cc(C(=O)O)ccc4c2)c1)C3. The van der Waals surface area contributed by atoms with Gasteiger partial charge in [0.15, 0.2) is 0 Å². The third kappa shape index (κ3) is 2.94. The fraction of sp³-hybridized carbons (Fsp3) is 0.393. The smallest absolute Gasteiger partial charge is 0.335 e. The molecule has 4 fully saturated rings. The second-order valence-corrected chi connectivity index (χ2v) is 10.1. The van der Waals surface area contributed by atoms with Crippen LogP contribution in [0.4, 0.5) is 0 Å². The van der Waals surface area contributed by atoms with Crippen LogP contribution in [0.25, 0.3) is 21.9 Å². The summed E-state index contributed by atoms with van der Waals surface area (Å²) in [6, 6.07) is 20.8. The highest BCUT2D eigenvalue weighted by atomic mass is 16.5. The summed E-state index contributed by atoms with van der Waals surface area (Å²) in [6.45, 7) is 0. The van der Waals surface area contributed by atoms with Crippen LogP contribution in [-0.2, 0) is 10.2 Å². The summed E-state index contributed by atoms with van der Waals surface area (Å²) < 4.78 is 6.17. The van der Waals surface area contributed by atoms with E-state index in [1.54, 1.807) is 12.1 Å². The van der Waals surface area contributed by atoms with Gasteiger partial charge in [0, 0.05) is 12.5 Å². The van der Waals surface area contributed by atoms with Crippen molar-refractivity contribution in [2.24, 2.45) is 17.8 Å². The standard InChI is InChI=1S/C28H28O3/c1-31-26-24-10-17-9-18(11-24)16-28(26,15-17)25-4-2-3-19(14-25)20-5-6-22-13-23(27(29)30)8-7-21(22)12-20/h2-8,12-14,17-18,24,26H,9-11,15-16H2,1H3,(H,29,30). The van der Waals surface area contributed by atoms with E-state index >= 15 is 0 Å². The van der Waals surface area contributed by atoms with Crippen molar-refractivity contribution < 1.29 is 14.6 Å². The van der Waals surface area contributed by atoms with Crippen LogP contribution in [0.5, 0.6) is 0 Å². The second kappa shape index (κ2) is 6.93. The summed E-state index contributed by atoms with van der Waals surface area (Å²) in [4.78, 5) is 11.3. The Morgan fingerprint density at radius 2 is 1.61 bits per heavy atom. The molecule has 3 aromatic rings. The zero-order valence-electron chi connectivity index (χ0n) is 17.9. The Morgan fingerprint density at radius 1 is 0.903 bits per heavy atom. The van der Waals surface area contributed by atoms with Crippen molar-refractivity contribution in [3.8, 4) is 11.1 Å². The van der Waals surface area contributed by atoms with E-state index in [0.29, 0.717) is 17.6 Å². The van der Waals surface area contributed by atoms with Crippen LogP contribution in [0.15, 0.2) is 60.7 Å². The molecule has 0 radical (unpaired) electrons. The Labute approximate surface area is 183 Å². The molecule has 7 rings (SSSR count). The van der Waals surface area contributed by atoms with E-state index in [9.17, 15) is 9.90 Å². The second-order valence-electron chi connectivity index (χ2n) is 10.1.